The molecule has 1 heterocycles. The zero-order valence-electron chi connectivity index (χ0n) is 19.7. The molecule has 0 spiro atoms. The Hall–Kier alpha value is -3.38. The summed E-state index contributed by atoms with van der Waals surface area (Å²) in [7, 11) is 1.63. The van der Waals surface area contributed by atoms with Crippen LogP contribution in [0.5, 0.6) is 0 Å². The normalized spacial score (nSPS) is 10.6. The minimum atomic E-state index is -0.0943. The van der Waals surface area contributed by atoms with Crippen molar-refractivity contribution in [2.24, 2.45) is 4.99 Å². The van der Waals surface area contributed by atoms with E-state index in [-0.39, 0.29) is 5.91 Å². The molecule has 0 radical (unpaired) electrons. The van der Waals surface area contributed by atoms with Crippen LogP contribution in [0.15, 0.2) is 77.1 Å². The summed E-state index contributed by atoms with van der Waals surface area (Å²) in [6.45, 7) is 18.9. The second kappa shape index (κ2) is 17.3. The topological polar surface area (TPSA) is 70.1 Å². The number of hydrogen-bond donors (Lipinski definition) is 2. The lowest BCUT2D eigenvalue weighted by molar-refractivity contribution is 0.0960. The molecule has 2 N–H and O–H groups in total. The highest BCUT2D eigenvalue weighted by Gasteiger charge is 2.11. The highest BCUT2D eigenvalue weighted by Crippen LogP contribution is 2.31. The zero-order chi connectivity index (χ0) is 24.4. The number of allylic oxidation sites excluding steroid dienone is 3. The number of aromatic amines is 1. The molecule has 0 saturated carbocycles. The summed E-state index contributed by atoms with van der Waals surface area (Å²) in [5.74, 6) is -0.0943. The lowest BCUT2D eigenvalue weighted by Crippen LogP contribution is -2.18. The molecule has 0 aliphatic heterocycles. The van der Waals surface area contributed by atoms with Gasteiger partial charge in [-0.05, 0) is 49.1 Å². The van der Waals surface area contributed by atoms with Crippen molar-refractivity contribution < 1.29 is 4.79 Å². The van der Waals surface area contributed by atoms with Gasteiger partial charge in [-0.25, -0.2) is 0 Å². The number of aliphatic imine (C=N–C) groups is 1. The van der Waals surface area contributed by atoms with E-state index in [0.29, 0.717) is 5.56 Å². The average molecular weight is 451 g/mol. The van der Waals surface area contributed by atoms with E-state index in [9.17, 15) is 4.79 Å². The minimum absolute atomic E-state index is 0.0943. The fourth-order valence-electron chi connectivity index (χ4n) is 2.34. The standard InChI is InChI=1S/C18H19N3OS.C6H9N.C2H6/c1-5-13-15(6-2)20-21-16(13)11-12(3)23-17-10-8-7-9-14(17)18(22)19-4;1-3-5-6-7-4-2;1-2/h5-11H,1-2H2,3-4H3,(H,19,22)(H,20,21);3-6H,1H2,2H3;1-2H3/b12-11+;6-5-,7-4?;. The number of carbonyl (C=O) groups excluding carboxylic acids is 1. The predicted molar refractivity (Wildman–Crippen MR) is 143 cm³/mol. The van der Waals surface area contributed by atoms with Gasteiger partial charge in [0.25, 0.3) is 5.91 Å². The van der Waals surface area contributed by atoms with E-state index < -0.39 is 0 Å². The molecule has 0 aliphatic rings. The largest absolute Gasteiger partial charge is 0.355 e. The molecule has 6 heteroatoms. The van der Waals surface area contributed by atoms with Crippen LogP contribution in [0.3, 0.4) is 0 Å². The van der Waals surface area contributed by atoms with Crippen molar-refractivity contribution in [1.82, 2.24) is 15.5 Å². The second-order valence-electron chi connectivity index (χ2n) is 5.76. The van der Waals surface area contributed by atoms with Gasteiger partial charge in [-0.2, -0.15) is 5.10 Å². The van der Waals surface area contributed by atoms with Crippen LogP contribution in [0.4, 0.5) is 0 Å². The van der Waals surface area contributed by atoms with Gasteiger partial charge in [-0.3, -0.25) is 14.9 Å². The van der Waals surface area contributed by atoms with Gasteiger partial charge < -0.3 is 5.32 Å². The van der Waals surface area contributed by atoms with Crippen LogP contribution in [-0.2, 0) is 0 Å². The van der Waals surface area contributed by atoms with E-state index in [1.165, 1.54) is 11.8 Å². The molecule has 0 unspecified atom stereocenters. The Morgan fingerprint density at radius 2 is 1.88 bits per heavy atom. The maximum Gasteiger partial charge on any atom is 0.252 e. The van der Waals surface area contributed by atoms with Crippen molar-refractivity contribution in [3.8, 4) is 0 Å². The van der Waals surface area contributed by atoms with Gasteiger partial charge in [0.05, 0.1) is 17.0 Å². The molecule has 170 valence electrons. The Morgan fingerprint density at radius 3 is 2.44 bits per heavy atom. The summed E-state index contributed by atoms with van der Waals surface area (Å²) < 4.78 is 0. The number of aromatic nitrogens is 2. The smallest absolute Gasteiger partial charge is 0.252 e. The second-order valence-corrected chi connectivity index (χ2v) is 7.05. The highest BCUT2D eigenvalue weighted by molar-refractivity contribution is 8.03. The minimum Gasteiger partial charge on any atom is -0.355 e. The summed E-state index contributed by atoms with van der Waals surface area (Å²) in [5, 5.41) is 9.83. The first-order valence-electron chi connectivity index (χ1n) is 10.3. The quantitative estimate of drug-likeness (QED) is 0.258. The van der Waals surface area contributed by atoms with Crippen molar-refractivity contribution in [1.29, 1.82) is 0 Å². The fraction of sp³-hybridized carbons (Fsp3) is 0.192. The van der Waals surface area contributed by atoms with Gasteiger partial charge in [0, 0.05) is 29.9 Å². The van der Waals surface area contributed by atoms with Crippen molar-refractivity contribution in [3.63, 3.8) is 0 Å². The van der Waals surface area contributed by atoms with Gasteiger partial charge >= 0.3 is 0 Å². The molecule has 2 rings (SSSR count). The summed E-state index contributed by atoms with van der Waals surface area (Å²) in [5.41, 5.74) is 3.22. The van der Waals surface area contributed by atoms with Gasteiger partial charge in [0.1, 0.15) is 0 Å². The molecule has 0 bridgehead atoms. The third-order valence-electron chi connectivity index (χ3n) is 3.69. The molecule has 32 heavy (non-hydrogen) atoms. The molecular weight excluding hydrogens is 416 g/mol. The van der Waals surface area contributed by atoms with E-state index in [1.807, 2.05) is 58.0 Å². The number of rotatable bonds is 8. The van der Waals surface area contributed by atoms with E-state index >= 15 is 0 Å². The molecular formula is C26H34N4OS. The number of amides is 1. The number of nitrogens with one attached hydrogen (secondary N) is 2. The van der Waals surface area contributed by atoms with Crippen LogP contribution < -0.4 is 5.32 Å². The summed E-state index contributed by atoms with van der Waals surface area (Å²) >= 11 is 1.54. The maximum atomic E-state index is 11.9. The van der Waals surface area contributed by atoms with Gasteiger partial charge in [0.15, 0.2) is 0 Å². The number of benzene rings is 1. The van der Waals surface area contributed by atoms with E-state index in [1.54, 1.807) is 43.8 Å². The first-order chi connectivity index (χ1) is 15.5. The lowest BCUT2D eigenvalue weighted by Gasteiger charge is -2.08. The summed E-state index contributed by atoms with van der Waals surface area (Å²) in [6.07, 6.45) is 12.3. The number of carbonyl (C=O) groups is 1. The number of hydrogen-bond acceptors (Lipinski definition) is 4. The first kappa shape index (κ1) is 28.6. The molecule has 1 amide bonds. The Morgan fingerprint density at radius 1 is 1.19 bits per heavy atom. The third-order valence-corrected chi connectivity index (χ3v) is 4.71. The maximum absolute atomic E-state index is 11.9. The summed E-state index contributed by atoms with van der Waals surface area (Å²) in [4.78, 5) is 17.7. The Balaban J connectivity index is 0.000000911. The highest BCUT2D eigenvalue weighted by atomic mass is 32.2. The number of H-pyrrole nitrogens is 1. The van der Waals surface area contributed by atoms with Gasteiger partial charge in [-0.1, -0.05) is 69.6 Å². The van der Waals surface area contributed by atoms with Gasteiger partial charge in [0.2, 0.25) is 0 Å². The molecule has 0 atom stereocenters. The average Bonchev–Trinajstić information content (AvgIpc) is 3.22. The Kier molecular flexibility index (Phi) is 15.5. The van der Waals surface area contributed by atoms with Crippen LogP contribution in [0, 0.1) is 0 Å². The van der Waals surface area contributed by atoms with Crippen LogP contribution >= 0.6 is 11.8 Å². The first-order valence-corrected chi connectivity index (χ1v) is 11.1. The van der Waals surface area contributed by atoms with E-state index in [2.05, 4.69) is 40.2 Å². The molecule has 0 fully saturated rings. The number of thioether (sulfide) groups is 1. The van der Waals surface area contributed by atoms with E-state index in [4.69, 9.17) is 0 Å². The van der Waals surface area contributed by atoms with Crippen molar-refractivity contribution in [2.45, 2.75) is 32.6 Å². The van der Waals surface area contributed by atoms with Crippen LogP contribution in [-0.4, -0.2) is 29.4 Å². The summed E-state index contributed by atoms with van der Waals surface area (Å²) in [6, 6.07) is 7.52. The van der Waals surface area contributed by atoms with Crippen LogP contribution in [0.2, 0.25) is 0 Å². The van der Waals surface area contributed by atoms with Crippen molar-refractivity contribution in [2.75, 3.05) is 7.05 Å². The lowest BCUT2D eigenvalue weighted by atomic mass is 10.1. The van der Waals surface area contributed by atoms with Crippen LogP contribution in [0.1, 0.15) is 55.0 Å². The molecule has 2 aromatic rings. The monoisotopic (exact) mass is 450 g/mol. The third kappa shape index (κ3) is 9.62. The Bertz CT molecular complexity index is 968. The Labute approximate surface area is 196 Å². The van der Waals surface area contributed by atoms with E-state index in [0.717, 1.165) is 26.8 Å². The van der Waals surface area contributed by atoms with Crippen LogP contribution in [0.25, 0.3) is 18.2 Å². The van der Waals surface area contributed by atoms with Gasteiger partial charge in [-0.15, -0.1) is 0 Å². The number of nitrogens with zero attached hydrogens (tertiary/aromatic N) is 2. The molecule has 0 saturated heterocycles. The molecule has 1 aromatic carbocycles. The molecule has 1 aromatic heterocycles. The molecule has 5 nitrogen and oxygen atoms in total. The SMILES string of the molecule is C=C/C=C\N=CC.C=Cc1n[nH]c(/C=C(\C)Sc2ccccc2C(=O)NC)c1C=C.CC. The van der Waals surface area contributed by atoms with Crippen molar-refractivity contribution in [3.05, 3.63) is 89.8 Å². The predicted octanol–water partition coefficient (Wildman–Crippen LogP) is 7.01. The van der Waals surface area contributed by atoms with Crippen molar-refractivity contribution >= 4 is 42.1 Å². The zero-order valence-corrected chi connectivity index (χ0v) is 20.5. The fourth-order valence-corrected chi connectivity index (χ4v) is 3.28. The molecule has 0 aliphatic carbocycles.